The van der Waals surface area contributed by atoms with Crippen molar-refractivity contribution in [3.8, 4) is 17.2 Å². The molecule has 6 nitrogen and oxygen atoms in total. The number of ether oxygens (including phenoxy) is 3. The van der Waals surface area contributed by atoms with Crippen molar-refractivity contribution in [1.29, 1.82) is 0 Å². The van der Waals surface area contributed by atoms with Gasteiger partial charge in [0.1, 0.15) is 6.04 Å². The second-order valence-electron chi connectivity index (χ2n) is 6.20. The summed E-state index contributed by atoms with van der Waals surface area (Å²) >= 11 is 0. The zero-order valence-corrected chi connectivity index (χ0v) is 15.4. The second kappa shape index (κ2) is 8.73. The molecule has 0 radical (unpaired) electrons. The Morgan fingerprint density at radius 2 is 1.85 bits per heavy atom. The van der Waals surface area contributed by atoms with Gasteiger partial charge in [-0.2, -0.15) is 0 Å². The molecule has 1 heterocycles. The van der Waals surface area contributed by atoms with Crippen LogP contribution < -0.4 is 14.8 Å². The Hall–Kier alpha value is -2.80. The predicted octanol–water partition coefficient (Wildman–Crippen LogP) is 3.29. The number of carbonyl (C=O) groups is 1. The van der Waals surface area contributed by atoms with Gasteiger partial charge < -0.3 is 24.4 Å². The molecule has 1 saturated heterocycles. The van der Waals surface area contributed by atoms with Crippen LogP contribution in [0.3, 0.4) is 0 Å². The van der Waals surface area contributed by atoms with Crippen LogP contribution in [0.1, 0.15) is 6.92 Å². The van der Waals surface area contributed by atoms with Gasteiger partial charge in [-0.3, -0.25) is 4.79 Å². The first-order chi connectivity index (χ1) is 13.1. The normalized spacial score (nSPS) is 15.1. The molecule has 2 aromatic carbocycles. The zero-order valence-electron chi connectivity index (χ0n) is 15.4. The molecule has 2 aromatic rings. The molecular formula is C20H23FN2O4. The van der Waals surface area contributed by atoms with E-state index in [4.69, 9.17) is 14.2 Å². The summed E-state index contributed by atoms with van der Waals surface area (Å²) < 4.78 is 30.5. The van der Waals surface area contributed by atoms with Crippen molar-refractivity contribution in [3.63, 3.8) is 0 Å². The third kappa shape index (κ3) is 4.68. The van der Waals surface area contributed by atoms with E-state index in [1.165, 1.54) is 19.2 Å². The number of carbonyl (C=O) groups excluding carboxylic acids is 1. The number of methoxy groups -OCH3 is 1. The summed E-state index contributed by atoms with van der Waals surface area (Å²) in [6.07, 6.45) is 0. The minimum Gasteiger partial charge on any atom is -0.493 e. The third-order valence-corrected chi connectivity index (χ3v) is 4.30. The highest BCUT2D eigenvalue weighted by Gasteiger charge is 2.22. The highest BCUT2D eigenvalue weighted by atomic mass is 19.1. The van der Waals surface area contributed by atoms with Crippen molar-refractivity contribution in [2.45, 2.75) is 13.0 Å². The molecule has 0 aromatic heterocycles. The predicted molar refractivity (Wildman–Crippen MR) is 100.0 cm³/mol. The fourth-order valence-corrected chi connectivity index (χ4v) is 2.86. The molecule has 1 fully saturated rings. The van der Waals surface area contributed by atoms with E-state index in [1.54, 1.807) is 36.1 Å². The number of para-hydroxylation sites is 2. The van der Waals surface area contributed by atoms with Crippen molar-refractivity contribution in [2.75, 3.05) is 38.7 Å². The van der Waals surface area contributed by atoms with Gasteiger partial charge in [0.25, 0.3) is 0 Å². The summed E-state index contributed by atoms with van der Waals surface area (Å²) in [7, 11) is 1.53. The summed E-state index contributed by atoms with van der Waals surface area (Å²) in [6, 6.07) is 11.1. The maximum atomic E-state index is 14.5. The zero-order chi connectivity index (χ0) is 19.2. The number of anilines is 1. The Balaban J connectivity index is 1.66. The van der Waals surface area contributed by atoms with E-state index in [9.17, 15) is 9.18 Å². The lowest BCUT2D eigenvalue weighted by Crippen LogP contribution is -2.47. The summed E-state index contributed by atoms with van der Waals surface area (Å²) in [4.78, 5) is 14.2. The molecule has 1 atom stereocenters. The van der Waals surface area contributed by atoms with E-state index in [0.717, 1.165) is 0 Å². The summed E-state index contributed by atoms with van der Waals surface area (Å²) in [5.74, 6) is 0.460. The molecule has 1 amide bonds. The van der Waals surface area contributed by atoms with Gasteiger partial charge in [0.15, 0.2) is 23.1 Å². The highest BCUT2D eigenvalue weighted by Crippen LogP contribution is 2.33. The summed E-state index contributed by atoms with van der Waals surface area (Å²) in [5.41, 5.74) is 0.508. The Bertz CT molecular complexity index is 793. The molecule has 144 valence electrons. The van der Waals surface area contributed by atoms with E-state index in [2.05, 4.69) is 5.32 Å². The van der Waals surface area contributed by atoms with Gasteiger partial charge in [-0.1, -0.05) is 12.1 Å². The maximum absolute atomic E-state index is 14.5. The number of hydrogen-bond acceptors (Lipinski definition) is 5. The molecule has 0 saturated carbocycles. The fraction of sp³-hybridized carbons (Fsp3) is 0.350. The van der Waals surface area contributed by atoms with Gasteiger partial charge >= 0.3 is 0 Å². The van der Waals surface area contributed by atoms with Crippen molar-refractivity contribution in [2.24, 2.45) is 0 Å². The van der Waals surface area contributed by atoms with E-state index in [0.29, 0.717) is 43.5 Å². The topological polar surface area (TPSA) is 60.0 Å². The highest BCUT2D eigenvalue weighted by molar-refractivity contribution is 5.84. The molecule has 0 bridgehead atoms. The SMILES string of the molecule is COc1ccccc1Oc1ccc(NC(C)C(=O)N2CCOCC2)cc1F. The quantitative estimate of drug-likeness (QED) is 0.841. The van der Waals surface area contributed by atoms with Crippen LogP contribution in [0.15, 0.2) is 42.5 Å². The molecule has 1 aliphatic rings. The number of rotatable bonds is 6. The number of nitrogens with one attached hydrogen (secondary N) is 1. The number of nitrogens with zero attached hydrogens (tertiary/aromatic N) is 1. The first-order valence-corrected chi connectivity index (χ1v) is 8.82. The lowest BCUT2D eigenvalue weighted by Gasteiger charge is -2.29. The van der Waals surface area contributed by atoms with Gasteiger partial charge in [0.05, 0.1) is 20.3 Å². The molecule has 0 spiro atoms. The van der Waals surface area contributed by atoms with Crippen LogP contribution in [0.25, 0.3) is 0 Å². The molecule has 1 unspecified atom stereocenters. The van der Waals surface area contributed by atoms with Crippen molar-refractivity contribution >= 4 is 11.6 Å². The average Bonchev–Trinajstić information content (AvgIpc) is 2.70. The molecular weight excluding hydrogens is 351 g/mol. The Labute approximate surface area is 157 Å². The van der Waals surface area contributed by atoms with Gasteiger partial charge in [0.2, 0.25) is 5.91 Å². The van der Waals surface area contributed by atoms with Crippen LogP contribution in [0.5, 0.6) is 17.2 Å². The van der Waals surface area contributed by atoms with Crippen LogP contribution in [-0.2, 0) is 9.53 Å². The third-order valence-electron chi connectivity index (χ3n) is 4.30. The monoisotopic (exact) mass is 374 g/mol. The minimum atomic E-state index is -0.531. The fourth-order valence-electron chi connectivity index (χ4n) is 2.86. The van der Waals surface area contributed by atoms with Crippen LogP contribution in [0.4, 0.5) is 10.1 Å². The van der Waals surface area contributed by atoms with Gasteiger partial charge in [-0.15, -0.1) is 0 Å². The van der Waals surface area contributed by atoms with Crippen LogP contribution >= 0.6 is 0 Å². The second-order valence-corrected chi connectivity index (χ2v) is 6.20. The average molecular weight is 374 g/mol. The largest absolute Gasteiger partial charge is 0.493 e. The van der Waals surface area contributed by atoms with Gasteiger partial charge in [-0.05, 0) is 31.2 Å². The maximum Gasteiger partial charge on any atom is 0.244 e. The van der Waals surface area contributed by atoms with E-state index in [1.807, 2.05) is 6.07 Å². The lowest BCUT2D eigenvalue weighted by atomic mass is 10.2. The number of morpholine rings is 1. The minimum absolute atomic E-state index is 0.0342. The molecule has 1 N–H and O–H groups in total. The van der Waals surface area contributed by atoms with E-state index >= 15 is 0 Å². The van der Waals surface area contributed by atoms with E-state index < -0.39 is 11.9 Å². The number of benzene rings is 2. The summed E-state index contributed by atoms with van der Waals surface area (Å²) in [6.45, 7) is 3.99. The van der Waals surface area contributed by atoms with Crippen molar-refractivity contribution < 1.29 is 23.4 Å². The molecule has 3 rings (SSSR count). The molecule has 0 aliphatic carbocycles. The molecule has 27 heavy (non-hydrogen) atoms. The van der Waals surface area contributed by atoms with Crippen LogP contribution in [0, 0.1) is 5.82 Å². The van der Waals surface area contributed by atoms with Crippen LogP contribution in [-0.4, -0.2) is 50.3 Å². The Morgan fingerprint density at radius 3 is 2.52 bits per heavy atom. The van der Waals surface area contributed by atoms with Gasteiger partial charge in [0, 0.05) is 24.8 Å². The van der Waals surface area contributed by atoms with E-state index in [-0.39, 0.29) is 11.7 Å². The lowest BCUT2D eigenvalue weighted by molar-refractivity contribution is -0.135. The first kappa shape index (κ1) is 19.0. The molecule has 7 heteroatoms. The van der Waals surface area contributed by atoms with Crippen LogP contribution in [0.2, 0.25) is 0 Å². The first-order valence-electron chi connectivity index (χ1n) is 8.82. The number of halogens is 1. The summed E-state index contributed by atoms with van der Waals surface area (Å²) in [5, 5.41) is 3.04. The van der Waals surface area contributed by atoms with Gasteiger partial charge in [-0.25, -0.2) is 4.39 Å². The van der Waals surface area contributed by atoms with Crippen molar-refractivity contribution in [3.05, 3.63) is 48.3 Å². The number of amides is 1. The van der Waals surface area contributed by atoms with Crippen molar-refractivity contribution in [1.82, 2.24) is 4.90 Å². The Morgan fingerprint density at radius 1 is 1.15 bits per heavy atom. The molecule has 1 aliphatic heterocycles. The number of hydrogen-bond donors (Lipinski definition) is 1. The standard InChI is InChI=1S/C20H23FN2O4/c1-14(20(24)23-9-11-26-12-10-23)22-15-7-8-17(16(21)13-15)27-19-6-4-3-5-18(19)25-2/h3-8,13-14,22H,9-12H2,1-2H3. The smallest absolute Gasteiger partial charge is 0.244 e. The Kier molecular flexibility index (Phi) is 6.13.